The van der Waals surface area contributed by atoms with E-state index in [-0.39, 0.29) is 11.9 Å². The second-order valence-electron chi connectivity index (χ2n) is 6.28. The molecule has 150 valence electrons. The van der Waals surface area contributed by atoms with E-state index in [0.29, 0.717) is 36.6 Å². The number of carbonyl (C=O) groups is 2. The molecule has 28 heavy (non-hydrogen) atoms. The Kier molecular flexibility index (Phi) is 8.85. The van der Waals surface area contributed by atoms with Crippen LogP contribution in [0.2, 0.25) is 0 Å². The fraction of sp³-hybridized carbons (Fsp3) is 0.364. The van der Waals surface area contributed by atoms with Gasteiger partial charge in [-0.3, -0.25) is 9.59 Å². The van der Waals surface area contributed by atoms with Gasteiger partial charge in [0.2, 0.25) is 0 Å². The summed E-state index contributed by atoms with van der Waals surface area (Å²) in [7, 11) is 2.93. The normalized spacial score (nSPS) is 10.2. The van der Waals surface area contributed by atoms with Gasteiger partial charge in [-0.15, -0.1) is 0 Å². The smallest absolute Gasteiger partial charge is 0.305 e. The number of amides is 1. The van der Waals surface area contributed by atoms with Crippen molar-refractivity contribution in [1.29, 1.82) is 0 Å². The van der Waals surface area contributed by atoms with Crippen molar-refractivity contribution in [2.24, 2.45) is 0 Å². The molecule has 0 fully saturated rings. The van der Waals surface area contributed by atoms with Gasteiger partial charge in [0.25, 0.3) is 5.91 Å². The van der Waals surface area contributed by atoms with E-state index in [1.54, 1.807) is 25.3 Å². The monoisotopic (exact) mass is 385 g/mol. The van der Waals surface area contributed by atoms with Gasteiger partial charge in [-0.1, -0.05) is 36.8 Å². The molecule has 6 nitrogen and oxygen atoms in total. The number of hydrogen-bond donors (Lipinski definition) is 1. The molecule has 0 unspecified atom stereocenters. The number of nitrogens with one attached hydrogen (secondary N) is 1. The van der Waals surface area contributed by atoms with Gasteiger partial charge in [-0.2, -0.15) is 0 Å². The Hall–Kier alpha value is -3.02. The molecule has 0 aliphatic carbocycles. The van der Waals surface area contributed by atoms with E-state index < -0.39 is 0 Å². The van der Waals surface area contributed by atoms with Gasteiger partial charge in [-0.05, 0) is 36.6 Å². The van der Waals surface area contributed by atoms with Crippen molar-refractivity contribution >= 4 is 11.9 Å². The first kappa shape index (κ1) is 21.3. The van der Waals surface area contributed by atoms with Crippen molar-refractivity contribution in [3.63, 3.8) is 0 Å². The third-order valence-electron chi connectivity index (χ3n) is 4.23. The molecule has 0 atom stereocenters. The van der Waals surface area contributed by atoms with Crippen LogP contribution in [0.3, 0.4) is 0 Å². The standard InChI is InChI=1S/C22H27NO5/c1-26-20-15-18(22(25)23-14-8-4-7-11-21(24)27-2)12-13-19(20)28-16-17-9-5-3-6-10-17/h3,5-6,9-10,12-13,15H,4,7-8,11,14,16H2,1-2H3,(H,23,25). The number of unbranched alkanes of at least 4 members (excludes halogenated alkanes) is 2. The zero-order valence-electron chi connectivity index (χ0n) is 16.4. The van der Waals surface area contributed by atoms with Crippen LogP contribution in [0, 0.1) is 0 Å². The molecule has 1 amide bonds. The highest BCUT2D eigenvalue weighted by Gasteiger charge is 2.11. The number of ether oxygens (including phenoxy) is 3. The molecular weight excluding hydrogens is 358 g/mol. The van der Waals surface area contributed by atoms with Gasteiger partial charge in [0.15, 0.2) is 11.5 Å². The molecule has 2 aromatic carbocycles. The molecule has 6 heteroatoms. The number of esters is 1. The summed E-state index contributed by atoms with van der Waals surface area (Å²) >= 11 is 0. The number of carbonyl (C=O) groups excluding carboxylic acids is 2. The molecule has 0 saturated heterocycles. The van der Waals surface area contributed by atoms with Crippen molar-refractivity contribution in [1.82, 2.24) is 5.32 Å². The molecular formula is C22H27NO5. The predicted octanol–water partition coefficient (Wildman–Crippen LogP) is 3.74. The van der Waals surface area contributed by atoms with E-state index in [4.69, 9.17) is 9.47 Å². The molecule has 0 bridgehead atoms. The molecule has 0 aliphatic rings. The Morgan fingerprint density at radius 1 is 0.929 bits per heavy atom. The Morgan fingerprint density at radius 3 is 2.43 bits per heavy atom. The van der Waals surface area contributed by atoms with Gasteiger partial charge in [0, 0.05) is 18.5 Å². The maximum Gasteiger partial charge on any atom is 0.305 e. The summed E-state index contributed by atoms with van der Waals surface area (Å²) in [5.74, 6) is 0.735. The first-order valence-electron chi connectivity index (χ1n) is 9.34. The molecule has 0 aliphatic heterocycles. The lowest BCUT2D eigenvalue weighted by Crippen LogP contribution is -2.24. The second-order valence-corrected chi connectivity index (χ2v) is 6.28. The number of benzene rings is 2. The summed E-state index contributed by atoms with van der Waals surface area (Å²) in [5.41, 5.74) is 1.57. The predicted molar refractivity (Wildman–Crippen MR) is 107 cm³/mol. The van der Waals surface area contributed by atoms with Crippen LogP contribution in [0.25, 0.3) is 0 Å². The molecule has 0 spiro atoms. The fourth-order valence-corrected chi connectivity index (χ4v) is 2.64. The summed E-state index contributed by atoms with van der Waals surface area (Å²) in [5, 5.41) is 2.88. The Bertz CT molecular complexity index is 761. The van der Waals surface area contributed by atoms with E-state index in [1.807, 2.05) is 30.3 Å². The van der Waals surface area contributed by atoms with E-state index in [0.717, 1.165) is 24.8 Å². The zero-order valence-corrected chi connectivity index (χ0v) is 16.4. The summed E-state index contributed by atoms with van der Waals surface area (Å²) in [4.78, 5) is 23.3. The van der Waals surface area contributed by atoms with Crippen LogP contribution in [0.4, 0.5) is 0 Å². The average Bonchev–Trinajstić information content (AvgIpc) is 2.74. The first-order chi connectivity index (χ1) is 13.6. The van der Waals surface area contributed by atoms with Gasteiger partial charge >= 0.3 is 5.97 Å². The molecule has 0 heterocycles. The minimum atomic E-state index is -0.203. The van der Waals surface area contributed by atoms with Crippen LogP contribution in [0.1, 0.15) is 41.6 Å². The third-order valence-corrected chi connectivity index (χ3v) is 4.23. The van der Waals surface area contributed by atoms with Gasteiger partial charge in [0.1, 0.15) is 6.61 Å². The molecule has 0 aromatic heterocycles. The quantitative estimate of drug-likeness (QED) is 0.471. The van der Waals surface area contributed by atoms with Crippen LogP contribution in [0.15, 0.2) is 48.5 Å². The second kappa shape index (κ2) is 11.6. The minimum absolute atomic E-state index is 0.166. The summed E-state index contributed by atoms with van der Waals surface area (Å²) in [6, 6.07) is 15.0. The summed E-state index contributed by atoms with van der Waals surface area (Å²) < 4.78 is 15.8. The van der Waals surface area contributed by atoms with Crippen LogP contribution >= 0.6 is 0 Å². The van der Waals surface area contributed by atoms with Crippen molar-refractivity contribution < 1.29 is 23.8 Å². The lowest BCUT2D eigenvalue weighted by Gasteiger charge is -2.12. The van der Waals surface area contributed by atoms with Crippen LogP contribution < -0.4 is 14.8 Å². The Labute approximate surface area is 165 Å². The third kappa shape index (κ3) is 6.95. The van der Waals surface area contributed by atoms with Gasteiger partial charge < -0.3 is 19.5 Å². The number of rotatable bonds is 11. The van der Waals surface area contributed by atoms with Crippen molar-refractivity contribution in [3.8, 4) is 11.5 Å². The van der Waals surface area contributed by atoms with E-state index in [1.165, 1.54) is 7.11 Å². The minimum Gasteiger partial charge on any atom is -0.493 e. The summed E-state index contributed by atoms with van der Waals surface area (Å²) in [6.45, 7) is 0.975. The molecule has 2 aromatic rings. The van der Waals surface area contributed by atoms with Crippen molar-refractivity contribution in [2.75, 3.05) is 20.8 Å². The maximum atomic E-state index is 12.3. The summed E-state index contributed by atoms with van der Waals surface area (Å²) in [6.07, 6.45) is 2.82. The molecule has 0 radical (unpaired) electrons. The lowest BCUT2D eigenvalue weighted by molar-refractivity contribution is -0.140. The van der Waals surface area contributed by atoms with E-state index in [9.17, 15) is 9.59 Å². The van der Waals surface area contributed by atoms with Crippen molar-refractivity contribution in [2.45, 2.75) is 32.3 Å². The van der Waals surface area contributed by atoms with E-state index >= 15 is 0 Å². The first-order valence-corrected chi connectivity index (χ1v) is 9.34. The van der Waals surface area contributed by atoms with Crippen LogP contribution in [-0.2, 0) is 16.1 Å². The fourth-order valence-electron chi connectivity index (χ4n) is 2.64. The largest absolute Gasteiger partial charge is 0.493 e. The zero-order chi connectivity index (χ0) is 20.2. The van der Waals surface area contributed by atoms with Crippen molar-refractivity contribution in [3.05, 3.63) is 59.7 Å². The van der Waals surface area contributed by atoms with Gasteiger partial charge in [0.05, 0.1) is 14.2 Å². The molecule has 1 N–H and O–H groups in total. The highest BCUT2D eigenvalue weighted by molar-refractivity contribution is 5.94. The van der Waals surface area contributed by atoms with E-state index in [2.05, 4.69) is 10.1 Å². The number of methoxy groups -OCH3 is 2. The van der Waals surface area contributed by atoms with Crippen LogP contribution in [0.5, 0.6) is 11.5 Å². The molecule has 2 rings (SSSR count). The Morgan fingerprint density at radius 2 is 1.71 bits per heavy atom. The average molecular weight is 385 g/mol. The number of hydrogen-bond acceptors (Lipinski definition) is 5. The highest BCUT2D eigenvalue weighted by Crippen LogP contribution is 2.28. The highest BCUT2D eigenvalue weighted by atomic mass is 16.5. The maximum absolute atomic E-state index is 12.3. The topological polar surface area (TPSA) is 73.9 Å². The SMILES string of the molecule is COC(=O)CCCCCNC(=O)c1ccc(OCc2ccccc2)c(OC)c1. The van der Waals surface area contributed by atoms with Gasteiger partial charge in [-0.25, -0.2) is 0 Å². The lowest BCUT2D eigenvalue weighted by atomic mass is 10.1. The Balaban J connectivity index is 1.81. The molecule has 0 saturated carbocycles. The van der Waals surface area contributed by atoms with Crippen LogP contribution in [-0.4, -0.2) is 32.6 Å².